The van der Waals surface area contributed by atoms with Crippen molar-refractivity contribution in [2.45, 2.75) is 3.61 Å². The van der Waals surface area contributed by atoms with E-state index in [4.69, 9.17) is 0 Å². The van der Waals surface area contributed by atoms with Crippen LogP contribution >= 0.6 is 22.6 Å². The minimum absolute atomic E-state index is 0.836. The van der Waals surface area contributed by atoms with Gasteiger partial charge in [0.1, 0.15) is 0 Å². The Morgan fingerprint density at radius 1 is 0.538 bits per heavy atom. The van der Waals surface area contributed by atoms with Crippen molar-refractivity contribution in [3.05, 3.63) is 174 Å². The first-order valence-electron chi connectivity index (χ1n) is 12.9. The number of halogens is 1. The lowest BCUT2D eigenvalue weighted by Crippen LogP contribution is -2.21. The molecule has 5 aromatic rings. The molecule has 1 aliphatic rings. The number of rotatable bonds is 6. The second-order valence-corrected chi connectivity index (χ2v) is 11.0. The lowest BCUT2D eigenvalue weighted by molar-refractivity contribution is 0.201. The van der Waals surface area contributed by atoms with Gasteiger partial charge in [-0.3, -0.25) is 0 Å². The number of alkyl halides is 1. The smallest absolute Gasteiger partial charge is 0.167 e. The van der Waals surface area contributed by atoms with Crippen molar-refractivity contribution in [1.29, 1.82) is 0 Å². The molecule has 0 fully saturated rings. The van der Waals surface area contributed by atoms with E-state index in [0.29, 0.717) is 0 Å². The first kappa shape index (κ1) is 25.1. The fourth-order valence-electron chi connectivity index (χ4n) is 5.02. The molecule has 2 heteroatoms. The van der Waals surface area contributed by atoms with E-state index in [9.17, 15) is 5.11 Å². The van der Waals surface area contributed by atoms with Crippen LogP contribution < -0.4 is 0 Å². The van der Waals surface area contributed by atoms with Gasteiger partial charge in [0.2, 0.25) is 0 Å². The number of hydrogen-bond donors (Lipinski definition) is 1. The summed E-state index contributed by atoms with van der Waals surface area (Å²) in [5, 5.41) is 12.4. The fourth-order valence-corrected chi connectivity index (χ4v) is 5.96. The van der Waals surface area contributed by atoms with E-state index >= 15 is 0 Å². The van der Waals surface area contributed by atoms with Gasteiger partial charge in [-0.05, 0) is 85.8 Å². The van der Waals surface area contributed by atoms with Crippen LogP contribution in [0.3, 0.4) is 0 Å². The average molecular weight is 613 g/mol. The maximum Gasteiger partial charge on any atom is 0.167 e. The van der Waals surface area contributed by atoms with E-state index < -0.39 is 3.61 Å². The van der Waals surface area contributed by atoms with Gasteiger partial charge < -0.3 is 5.11 Å². The molecule has 1 nitrogen and oxygen atoms in total. The molecule has 1 unspecified atom stereocenters. The third kappa shape index (κ3) is 5.12. The Morgan fingerprint density at radius 2 is 1.03 bits per heavy atom. The molecule has 0 heterocycles. The number of benzene rings is 5. The van der Waals surface area contributed by atoms with Crippen molar-refractivity contribution in [1.82, 2.24) is 0 Å². The molecule has 0 saturated heterocycles. The molecule has 0 spiro atoms. The van der Waals surface area contributed by atoms with Gasteiger partial charge in [0, 0.05) is 16.7 Å². The maximum atomic E-state index is 12.4. The zero-order valence-electron chi connectivity index (χ0n) is 21.2. The third-order valence-corrected chi connectivity index (χ3v) is 8.15. The van der Waals surface area contributed by atoms with E-state index in [2.05, 4.69) is 113 Å². The predicted octanol–water partition coefficient (Wildman–Crippen LogP) is 9.58. The number of aliphatic hydroxyl groups is 1. The average Bonchev–Trinajstić information content (AvgIpc) is 3.02. The van der Waals surface area contributed by atoms with Crippen molar-refractivity contribution >= 4 is 28.2 Å². The molecule has 0 saturated carbocycles. The molecule has 6 rings (SSSR count). The van der Waals surface area contributed by atoms with E-state index in [-0.39, 0.29) is 0 Å². The second-order valence-electron chi connectivity index (χ2n) is 9.45. The highest BCUT2D eigenvalue weighted by Crippen LogP contribution is 2.46. The SMILES string of the molecule is OC(I)(c1ccc(C2=C=C=CC=C2)cc1-c1ccccc1)c1ccc(-c2ccccc2)cc1-c1ccccc1. The van der Waals surface area contributed by atoms with E-state index in [1.54, 1.807) is 0 Å². The highest BCUT2D eigenvalue weighted by Gasteiger charge is 2.34. The van der Waals surface area contributed by atoms with Crippen LogP contribution in [0.15, 0.2) is 157 Å². The normalized spacial score (nSPS) is 13.6. The minimum atomic E-state index is -1.30. The summed E-state index contributed by atoms with van der Waals surface area (Å²) < 4.78 is -1.30. The summed E-state index contributed by atoms with van der Waals surface area (Å²) in [5.74, 6) is 0. The molecule has 1 aliphatic carbocycles. The van der Waals surface area contributed by atoms with Crippen LogP contribution in [0, 0.1) is 0 Å². The predicted molar refractivity (Wildman–Crippen MR) is 170 cm³/mol. The van der Waals surface area contributed by atoms with Gasteiger partial charge >= 0.3 is 0 Å². The molecule has 1 N–H and O–H groups in total. The van der Waals surface area contributed by atoms with Gasteiger partial charge in [-0.25, -0.2) is 0 Å². The van der Waals surface area contributed by atoms with Crippen molar-refractivity contribution in [3.8, 4) is 33.4 Å². The summed E-state index contributed by atoms with van der Waals surface area (Å²) in [6.45, 7) is 0. The van der Waals surface area contributed by atoms with E-state index in [0.717, 1.165) is 55.6 Å². The maximum absolute atomic E-state index is 12.4. The molecule has 39 heavy (non-hydrogen) atoms. The summed E-state index contributed by atoms with van der Waals surface area (Å²) >= 11 is 2.21. The number of allylic oxidation sites excluding steroid dienone is 4. The number of hydrogen-bond acceptors (Lipinski definition) is 1. The minimum Gasteiger partial charge on any atom is -0.371 e. The van der Waals surface area contributed by atoms with Crippen LogP contribution in [-0.4, -0.2) is 5.11 Å². The molecule has 0 radical (unpaired) electrons. The van der Waals surface area contributed by atoms with Crippen LogP contribution in [0.25, 0.3) is 39.0 Å². The molecular weight excluding hydrogens is 587 g/mol. The van der Waals surface area contributed by atoms with Gasteiger partial charge in [0.15, 0.2) is 3.61 Å². The largest absolute Gasteiger partial charge is 0.371 e. The van der Waals surface area contributed by atoms with Crippen LogP contribution in [0.4, 0.5) is 0 Å². The summed E-state index contributed by atoms with van der Waals surface area (Å²) in [5.41, 5.74) is 16.3. The zero-order valence-corrected chi connectivity index (χ0v) is 23.3. The van der Waals surface area contributed by atoms with Crippen LogP contribution in [-0.2, 0) is 3.61 Å². The zero-order chi connectivity index (χ0) is 26.7. The summed E-state index contributed by atoms with van der Waals surface area (Å²) in [4.78, 5) is 0. The molecule has 5 aromatic carbocycles. The lowest BCUT2D eigenvalue weighted by Gasteiger charge is -2.29. The molecule has 0 aliphatic heterocycles. The van der Waals surface area contributed by atoms with Gasteiger partial charge in [-0.15, -0.1) is 0 Å². The Balaban J connectivity index is 1.56. The quantitative estimate of drug-likeness (QED) is 0.115. The first-order valence-corrected chi connectivity index (χ1v) is 13.9. The highest BCUT2D eigenvalue weighted by atomic mass is 127. The Bertz CT molecular complexity index is 1770. The van der Waals surface area contributed by atoms with E-state index in [1.807, 2.05) is 66.8 Å². The monoisotopic (exact) mass is 612 g/mol. The molecule has 186 valence electrons. The van der Waals surface area contributed by atoms with Crippen molar-refractivity contribution in [3.63, 3.8) is 0 Å². The summed E-state index contributed by atoms with van der Waals surface area (Å²) in [6, 6.07) is 43.5. The van der Waals surface area contributed by atoms with Crippen LogP contribution in [0.2, 0.25) is 0 Å². The van der Waals surface area contributed by atoms with Crippen LogP contribution in [0.5, 0.6) is 0 Å². The topological polar surface area (TPSA) is 20.2 Å². The highest BCUT2D eigenvalue weighted by molar-refractivity contribution is 14.1. The summed E-state index contributed by atoms with van der Waals surface area (Å²) in [6.07, 6.45) is 5.85. The first-order chi connectivity index (χ1) is 19.1. The fraction of sp³-hybridized carbons (Fsp3) is 0.0270. The Kier molecular flexibility index (Phi) is 7.02. The summed E-state index contributed by atoms with van der Waals surface area (Å²) in [7, 11) is 0. The Labute approximate surface area is 243 Å². The molecule has 0 amide bonds. The van der Waals surface area contributed by atoms with Crippen LogP contribution in [0.1, 0.15) is 16.7 Å². The Hall–Kier alpha value is -4.17. The molecule has 1 atom stereocenters. The molecule has 0 aromatic heterocycles. The standard InChI is InChI=1S/C37H25IO/c38-37(39,35-23-21-31(27-13-5-1-6-14-27)25-33(35)29-17-9-3-10-18-29)36-24-22-32(28-15-7-2-8-16-28)26-34(36)30-19-11-4-12-20-30/h1-7,9-15,17-26,39H. The Morgan fingerprint density at radius 3 is 1.54 bits per heavy atom. The second kappa shape index (κ2) is 10.9. The van der Waals surface area contributed by atoms with Crippen molar-refractivity contribution in [2.75, 3.05) is 0 Å². The van der Waals surface area contributed by atoms with Gasteiger partial charge in [0.05, 0.1) is 0 Å². The molecule has 0 bridgehead atoms. The van der Waals surface area contributed by atoms with Crippen molar-refractivity contribution in [2.24, 2.45) is 0 Å². The van der Waals surface area contributed by atoms with Gasteiger partial charge in [-0.1, -0.05) is 133 Å². The third-order valence-electron chi connectivity index (χ3n) is 6.99. The van der Waals surface area contributed by atoms with Crippen molar-refractivity contribution < 1.29 is 5.11 Å². The van der Waals surface area contributed by atoms with E-state index in [1.165, 1.54) is 0 Å². The lowest BCUT2D eigenvalue weighted by atomic mass is 9.86. The van der Waals surface area contributed by atoms with Gasteiger partial charge in [-0.2, -0.15) is 0 Å². The van der Waals surface area contributed by atoms with Gasteiger partial charge in [0.25, 0.3) is 0 Å². The molecular formula is C37H25IO.